The van der Waals surface area contributed by atoms with E-state index in [0.717, 1.165) is 4.90 Å². The first-order chi connectivity index (χ1) is 16.7. The van der Waals surface area contributed by atoms with Gasteiger partial charge in [0, 0.05) is 22.3 Å². The predicted molar refractivity (Wildman–Crippen MR) is 140 cm³/mol. The molecule has 0 spiro atoms. The molecule has 2 aromatic heterocycles. The SMILES string of the molecule is Cc1cc(Cl)cc(N(C(=O)O)c2ccc(Cl)cc2)c1NC(=O)c1cc(Br)nn1-c1ncccc1Cl. The molecule has 2 amide bonds. The van der Waals surface area contributed by atoms with Crippen LogP contribution in [0.3, 0.4) is 0 Å². The highest BCUT2D eigenvalue weighted by Crippen LogP contribution is 2.38. The Balaban J connectivity index is 1.80. The number of benzene rings is 2. The van der Waals surface area contributed by atoms with Gasteiger partial charge in [-0.15, -0.1) is 0 Å². The van der Waals surface area contributed by atoms with Crippen molar-refractivity contribution >= 4 is 79.8 Å². The van der Waals surface area contributed by atoms with Crippen LogP contribution in [0.25, 0.3) is 5.82 Å². The molecule has 0 aliphatic heterocycles. The van der Waals surface area contributed by atoms with Crippen LogP contribution in [0, 0.1) is 6.92 Å². The summed E-state index contributed by atoms with van der Waals surface area (Å²) in [6.07, 6.45) is 0.245. The maximum absolute atomic E-state index is 13.4. The van der Waals surface area contributed by atoms with Crippen molar-refractivity contribution in [3.63, 3.8) is 0 Å². The highest BCUT2D eigenvalue weighted by Gasteiger charge is 2.25. The number of halogens is 4. The maximum atomic E-state index is 13.4. The van der Waals surface area contributed by atoms with Gasteiger partial charge in [-0.05, 0) is 76.9 Å². The fraction of sp³-hybridized carbons (Fsp3) is 0.0435. The summed E-state index contributed by atoms with van der Waals surface area (Å²) in [7, 11) is 0. The van der Waals surface area contributed by atoms with Gasteiger partial charge in [0.05, 0.1) is 22.1 Å². The van der Waals surface area contributed by atoms with Crippen LogP contribution in [0.5, 0.6) is 0 Å². The Morgan fingerprint density at radius 3 is 2.43 bits per heavy atom. The zero-order valence-electron chi connectivity index (χ0n) is 17.8. The monoisotopic (exact) mass is 593 g/mol. The minimum absolute atomic E-state index is 0.117. The van der Waals surface area contributed by atoms with Crippen LogP contribution in [-0.2, 0) is 0 Å². The Kier molecular flexibility index (Phi) is 7.32. The van der Waals surface area contributed by atoms with Crippen LogP contribution >= 0.6 is 50.7 Å². The topological polar surface area (TPSA) is 100 Å². The zero-order chi connectivity index (χ0) is 25.3. The first kappa shape index (κ1) is 25.0. The Morgan fingerprint density at radius 2 is 1.77 bits per heavy atom. The third kappa shape index (κ3) is 5.28. The second kappa shape index (κ2) is 10.2. The number of aromatic nitrogens is 3. The molecule has 0 aliphatic rings. The summed E-state index contributed by atoms with van der Waals surface area (Å²) in [5, 5.41) is 18.1. The minimum Gasteiger partial charge on any atom is -0.464 e. The van der Waals surface area contributed by atoms with E-state index in [0.29, 0.717) is 30.9 Å². The molecule has 0 saturated heterocycles. The number of hydrogen-bond donors (Lipinski definition) is 2. The molecule has 0 aliphatic carbocycles. The van der Waals surface area contributed by atoms with Crippen molar-refractivity contribution in [3.8, 4) is 5.82 Å². The Morgan fingerprint density at radius 1 is 1.06 bits per heavy atom. The van der Waals surface area contributed by atoms with Crippen molar-refractivity contribution < 1.29 is 14.7 Å². The third-order valence-electron chi connectivity index (χ3n) is 4.89. The molecule has 2 aromatic carbocycles. The smallest absolute Gasteiger partial charge is 0.416 e. The van der Waals surface area contributed by atoms with Crippen LogP contribution in [0.2, 0.25) is 15.1 Å². The molecule has 0 atom stereocenters. The fourth-order valence-electron chi connectivity index (χ4n) is 3.39. The molecule has 4 rings (SSSR count). The number of amides is 2. The second-order valence-corrected chi connectivity index (χ2v) is 9.33. The van der Waals surface area contributed by atoms with E-state index in [9.17, 15) is 14.7 Å². The Bertz CT molecular complexity index is 1440. The molecule has 2 N–H and O–H groups in total. The Hall–Kier alpha value is -3.11. The summed E-state index contributed by atoms with van der Waals surface area (Å²) < 4.78 is 1.67. The van der Waals surface area contributed by atoms with E-state index < -0.39 is 12.0 Å². The highest BCUT2D eigenvalue weighted by atomic mass is 79.9. The molecule has 35 heavy (non-hydrogen) atoms. The molecule has 4 aromatic rings. The van der Waals surface area contributed by atoms with Crippen molar-refractivity contribution in [2.75, 3.05) is 10.2 Å². The number of nitrogens with one attached hydrogen (secondary N) is 1. The van der Waals surface area contributed by atoms with Crippen LogP contribution < -0.4 is 10.2 Å². The number of carbonyl (C=O) groups is 2. The second-order valence-electron chi connectivity index (χ2n) is 7.24. The number of aryl methyl sites for hydroxylation is 1. The largest absolute Gasteiger partial charge is 0.464 e. The number of hydrogen-bond acceptors (Lipinski definition) is 4. The number of rotatable bonds is 5. The lowest BCUT2D eigenvalue weighted by Gasteiger charge is -2.24. The molecule has 178 valence electrons. The van der Waals surface area contributed by atoms with E-state index in [1.165, 1.54) is 23.0 Å². The lowest BCUT2D eigenvalue weighted by molar-refractivity contribution is 0.101. The van der Waals surface area contributed by atoms with Crippen LogP contribution in [-0.4, -0.2) is 31.9 Å². The molecule has 0 saturated carbocycles. The predicted octanol–water partition coefficient (Wildman–Crippen LogP) is 7.37. The van der Waals surface area contributed by atoms with Gasteiger partial charge in [0.25, 0.3) is 5.91 Å². The van der Waals surface area contributed by atoms with E-state index in [1.54, 1.807) is 49.4 Å². The van der Waals surface area contributed by atoms with Gasteiger partial charge in [0.15, 0.2) is 5.82 Å². The lowest BCUT2D eigenvalue weighted by Crippen LogP contribution is -2.26. The molecule has 2 heterocycles. The van der Waals surface area contributed by atoms with Gasteiger partial charge in [0.2, 0.25) is 0 Å². The van der Waals surface area contributed by atoms with Gasteiger partial charge < -0.3 is 10.4 Å². The molecule has 0 unspecified atom stereocenters. The summed E-state index contributed by atoms with van der Waals surface area (Å²) in [5.74, 6) is -0.315. The van der Waals surface area contributed by atoms with Gasteiger partial charge >= 0.3 is 6.09 Å². The molecule has 0 fully saturated rings. The molecule has 0 bridgehead atoms. The minimum atomic E-state index is -1.28. The van der Waals surface area contributed by atoms with E-state index in [4.69, 9.17) is 34.8 Å². The highest BCUT2D eigenvalue weighted by molar-refractivity contribution is 9.10. The van der Waals surface area contributed by atoms with Crippen molar-refractivity contribution in [1.29, 1.82) is 0 Å². The van der Waals surface area contributed by atoms with E-state index in [-0.39, 0.29) is 22.9 Å². The molecular weight excluding hydrogens is 581 g/mol. The average Bonchev–Trinajstić information content (AvgIpc) is 3.19. The standard InChI is InChI=1S/C23H15BrCl3N5O3/c1-12-9-14(26)10-17(31(23(34)35)15-6-4-13(25)5-7-15)20(12)29-22(33)18-11-19(24)30-32(18)21-16(27)3-2-8-28-21/h2-11H,1H3,(H,29,33)(H,34,35). The fourth-order valence-corrected chi connectivity index (χ4v) is 4.36. The number of carboxylic acid groups (broad SMARTS) is 1. The van der Waals surface area contributed by atoms with Crippen LogP contribution in [0.1, 0.15) is 16.1 Å². The van der Waals surface area contributed by atoms with E-state index >= 15 is 0 Å². The van der Waals surface area contributed by atoms with Crippen LogP contribution in [0.4, 0.5) is 21.9 Å². The van der Waals surface area contributed by atoms with Crippen molar-refractivity contribution in [2.45, 2.75) is 6.92 Å². The van der Waals surface area contributed by atoms with Crippen LogP contribution in [0.15, 0.2) is 65.4 Å². The van der Waals surface area contributed by atoms with Gasteiger partial charge in [-0.2, -0.15) is 5.10 Å². The third-order valence-corrected chi connectivity index (χ3v) is 6.04. The zero-order valence-corrected chi connectivity index (χ0v) is 21.7. The average molecular weight is 596 g/mol. The summed E-state index contributed by atoms with van der Waals surface area (Å²) in [4.78, 5) is 30.9. The van der Waals surface area contributed by atoms with Gasteiger partial charge in [-0.3, -0.25) is 4.79 Å². The summed E-state index contributed by atoms with van der Waals surface area (Å²) >= 11 is 21.8. The maximum Gasteiger partial charge on any atom is 0.416 e. The van der Waals surface area contributed by atoms with Gasteiger partial charge in [0.1, 0.15) is 10.3 Å². The lowest BCUT2D eigenvalue weighted by atomic mass is 10.1. The molecule has 8 nitrogen and oxygen atoms in total. The number of pyridine rings is 1. The number of nitrogens with zero attached hydrogens (tertiary/aromatic N) is 4. The van der Waals surface area contributed by atoms with Crippen molar-refractivity contribution in [2.24, 2.45) is 0 Å². The molecule has 0 radical (unpaired) electrons. The first-order valence-electron chi connectivity index (χ1n) is 9.92. The van der Waals surface area contributed by atoms with Crippen molar-refractivity contribution in [1.82, 2.24) is 14.8 Å². The summed E-state index contributed by atoms with van der Waals surface area (Å²) in [5.41, 5.74) is 1.37. The molecular formula is C23H15BrCl3N5O3. The van der Waals surface area contributed by atoms with E-state index in [2.05, 4.69) is 31.3 Å². The van der Waals surface area contributed by atoms with Gasteiger partial charge in [-0.1, -0.05) is 34.8 Å². The summed E-state index contributed by atoms with van der Waals surface area (Å²) in [6, 6.07) is 14.1. The number of carbonyl (C=O) groups excluding carboxylic acids is 1. The quantitative estimate of drug-likeness (QED) is 0.251. The van der Waals surface area contributed by atoms with Gasteiger partial charge in [-0.25, -0.2) is 19.4 Å². The first-order valence-corrected chi connectivity index (χ1v) is 11.8. The normalized spacial score (nSPS) is 10.8. The summed E-state index contributed by atoms with van der Waals surface area (Å²) in [6.45, 7) is 1.70. The molecule has 12 heteroatoms. The Labute approximate surface area is 223 Å². The van der Waals surface area contributed by atoms with Crippen molar-refractivity contribution in [3.05, 3.63) is 91.7 Å². The van der Waals surface area contributed by atoms with E-state index in [1.807, 2.05) is 0 Å². The number of anilines is 3.